The molecule has 264 valence electrons. The predicted molar refractivity (Wildman–Crippen MR) is 134 cm³/mol. The van der Waals surface area contributed by atoms with E-state index >= 15 is 0 Å². The molecule has 0 aromatic rings. The van der Waals surface area contributed by atoms with Gasteiger partial charge >= 0.3 is 0 Å². The molecule has 4 aliphatic rings. The minimum absolute atomic E-state index is 0.784. The quantitative estimate of drug-likeness (QED) is 0.103. The Hall–Kier alpha value is -0.840. The van der Waals surface area contributed by atoms with Crippen LogP contribution in [0.3, 0.4) is 0 Å². The van der Waals surface area contributed by atoms with Gasteiger partial charge in [-0.1, -0.05) is 0 Å². The summed E-state index contributed by atoms with van der Waals surface area (Å²) in [6.45, 7) is -3.39. The summed E-state index contributed by atoms with van der Waals surface area (Å²) in [7, 11) is 0. The van der Waals surface area contributed by atoms with E-state index in [2.05, 4.69) is 0 Å². The van der Waals surface area contributed by atoms with Gasteiger partial charge in [0.2, 0.25) is 0 Å². The number of hydrogen-bond donors (Lipinski definition) is 14. The Kier molecular flexibility index (Phi) is 12.8. The molecule has 14 N–H and O–H groups in total. The lowest BCUT2D eigenvalue weighted by Gasteiger charge is -2.49. The third-order valence-electron chi connectivity index (χ3n) is 8.20. The fourth-order valence-corrected chi connectivity index (χ4v) is 5.55. The predicted octanol–water partition coefficient (Wildman–Crippen LogP) is -9.75. The van der Waals surface area contributed by atoms with Gasteiger partial charge in [-0.05, 0) is 0 Å². The molecule has 4 rings (SSSR count). The number of rotatable bonds is 10. The van der Waals surface area contributed by atoms with Crippen LogP contribution in [0.4, 0.5) is 0 Å². The molecule has 0 spiro atoms. The van der Waals surface area contributed by atoms with Crippen molar-refractivity contribution in [3.05, 3.63) is 0 Å². The number of ether oxygens (including phenoxy) is 7. The Morgan fingerprint density at radius 2 is 0.644 bits per heavy atom. The maximum atomic E-state index is 10.9. The fourth-order valence-electron chi connectivity index (χ4n) is 5.55. The third-order valence-corrected chi connectivity index (χ3v) is 8.20. The van der Waals surface area contributed by atoms with Crippen LogP contribution in [0, 0.1) is 0 Å². The zero-order valence-electron chi connectivity index (χ0n) is 23.5. The molecule has 0 aromatic heterocycles. The summed E-state index contributed by atoms with van der Waals surface area (Å²) in [5, 5.41) is 142. The summed E-state index contributed by atoms with van der Waals surface area (Å²) < 4.78 is 37.7. The lowest BCUT2D eigenvalue weighted by Crippen LogP contribution is -2.67. The average Bonchev–Trinajstić information content (AvgIpc) is 3.03. The highest BCUT2D eigenvalue weighted by molar-refractivity contribution is 4.97. The van der Waals surface area contributed by atoms with Gasteiger partial charge in [0, 0.05) is 0 Å². The van der Waals surface area contributed by atoms with Gasteiger partial charge in [0.05, 0.1) is 26.4 Å². The monoisotopic (exact) mass is 666 g/mol. The number of aliphatic hydroxyl groups excluding tert-OH is 14. The van der Waals surface area contributed by atoms with Crippen LogP contribution in [0.1, 0.15) is 0 Å². The van der Waals surface area contributed by atoms with E-state index in [0.29, 0.717) is 0 Å². The van der Waals surface area contributed by atoms with Crippen LogP contribution >= 0.6 is 0 Å². The smallest absolute Gasteiger partial charge is 0.187 e. The highest BCUT2D eigenvalue weighted by Gasteiger charge is 2.55. The summed E-state index contributed by atoms with van der Waals surface area (Å²) in [5.41, 5.74) is 0. The molecule has 0 saturated carbocycles. The Morgan fingerprint density at radius 3 is 1.02 bits per heavy atom. The zero-order valence-corrected chi connectivity index (χ0v) is 23.5. The molecule has 4 aliphatic heterocycles. The topological polar surface area (TPSA) is 348 Å². The van der Waals surface area contributed by atoms with Crippen LogP contribution in [-0.2, 0) is 33.2 Å². The van der Waals surface area contributed by atoms with Crippen molar-refractivity contribution in [3.8, 4) is 0 Å². The normalized spacial score (nSPS) is 52.9. The Balaban J connectivity index is 1.43. The van der Waals surface area contributed by atoms with Crippen molar-refractivity contribution < 1.29 is 105 Å². The SMILES string of the molecule is OC[C@H]1O[C@@H](O[C@H]2[C@H](O)[C@@H](O)[C@H](O[C@H]3[C@H](O)[C@@H](O)[C@H](O[C@H]4[C@H](O)[C@H](O)[C@@H](O)O[C@@H]4CO)O[C@@H]3CO)O[C@@H]2CO)[C@H](O)[C@@H](O)[C@@H]1O. The second-order valence-corrected chi connectivity index (χ2v) is 11.1. The molecule has 0 unspecified atom stereocenters. The van der Waals surface area contributed by atoms with E-state index in [4.69, 9.17) is 33.2 Å². The average molecular weight is 667 g/mol. The van der Waals surface area contributed by atoms with Crippen molar-refractivity contribution in [2.24, 2.45) is 0 Å². The van der Waals surface area contributed by atoms with E-state index in [1.165, 1.54) is 0 Å². The molecule has 4 saturated heterocycles. The molecular formula is C24H42O21. The molecule has 0 aromatic carbocycles. The van der Waals surface area contributed by atoms with Crippen LogP contribution in [0.5, 0.6) is 0 Å². The molecule has 45 heavy (non-hydrogen) atoms. The van der Waals surface area contributed by atoms with Crippen molar-refractivity contribution in [1.82, 2.24) is 0 Å². The van der Waals surface area contributed by atoms with Crippen LogP contribution < -0.4 is 0 Å². The Labute approximate surface area is 254 Å². The van der Waals surface area contributed by atoms with Crippen LogP contribution in [-0.4, -0.2) is 221 Å². The lowest BCUT2D eigenvalue weighted by atomic mass is 9.95. The van der Waals surface area contributed by atoms with Crippen LogP contribution in [0.25, 0.3) is 0 Å². The molecule has 0 amide bonds. The minimum atomic E-state index is -2.02. The van der Waals surface area contributed by atoms with Crippen molar-refractivity contribution in [3.63, 3.8) is 0 Å². The molecule has 21 nitrogen and oxygen atoms in total. The molecule has 0 radical (unpaired) electrons. The van der Waals surface area contributed by atoms with E-state index < -0.39 is 149 Å². The van der Waals surface area contributed by atoms with Gasteiger partial charge < -0.3 is 105 Å². The summed E-state index contributed by atoms with van der Waals surface area (Å²) in [4.78, 5) is 0. The largest absolute Gasteiger partial charge is 0.394 e. The van der Waals surface area contributed by atoms with E-state index in [0.717, 1.165) is 0 Å². The van der Waals surface area contributed by atoms with Crippen molar-refractivity contribution in [1.29, 1.82) is 0 Å². The number of hydrogen-bond acceptors (Lipinski definition) is 21. The first-order chi connectivity index (χ1) is 21.3. The highest BCUT2D eigenvalue weighted by Crippen LogP contribution is 2.34. The summed E-state index contributed by atoms with van der Waals surface area (Å²) in [6, 6.07) is 0. The van der Waals surface area contributed by atoms with Gasteiger partial charge in [0.25, 0.3) is 0 Å². The van der Waals surface area contributed by atoms with Crippen LogP contribution in [0.15, 0.2) is 0 Å². The standard InChI is InChI=1S/C24H42O21/c25-1-5-9(29)10(30)15(35)22(40-5)44-19-7(3-27)42-24(17(37)12(19)32)45-20-8(4-28)41-23(16(36)13(20)33)43-18-6(2-26)39-21(38)14(34)11(18)31/h5-38H,1-4H2/t5-,6-,7-,8-,9-,10+,11-,12-,13-,14+,15-,16-,17-,18-,19-,20-,21+,22+,23+,24+/m1/s1. The fraction of sp³-hybridized carbons (Fsp3) is 1.00. The Morgan fingerprint density at radius 1 is 0.333 bits per heavy atom. The second kappa shape index (κ2) is 15.6. The van der Waals surface area contributed by atoms with Crippen LogP contribution in [0.2, 0.25) is 0 Å². The molecule has 0 aliphatic carbocycles. The first kappa shape index (κ1) is 37.0. The maximum absolute atomic E-state index is 10.9. The molecular weight excluding hydrogens is 624 g/mol. The highest BCUT2D eigenvalue weighted by atomic mass is 16.8. The van der Waals surface area contributed by atoms with Gasteiger partial charge in [-0.2, -0.15) is 0 Å². The van der Waals surface area contributed by atoms with Crippen molar-refractivity contribution >= 4 is 0 Å². The van der Waals surface area contributed by atoms with E-state index in [1.807, 2.05) is 0 Å². The second-order valence-electron chi connectivity index (χ2n) is 11.1. The molecule has 4 fully saturated rings. The Bertz CT molecular complexity index is 910. The first-order valence-corrected chi connectivity index (χ1v) is 14.1. The van der Waals surface area contributed by atoms with Gasteiger partial charge in [-0.3, -0.25) is 0 Å². The van der Waals surface area contributed by atoms with Gasteiger partial charge in [-0.15, -0.1) is 0 Å². The minimum Gasteiger partial charge on any atom is -0.394 e. The summed E-state index contributed by atoms with van der Waals surface area (Å²) in [5.74, 6) is 0. The maximum Gasteiger partial charge on any atom is 0.187 e. The summed E-state index contributed by atoms with van der Waals surface area (Å²) in [6.07, 6.45) is -35.3. The van der Waals surface area contributed by atoms with E-state index in [9.17, 15) is 71.5 Å². The van der Waals surface area contributed by atoms with E-state index in [1.54, 1.807) is 0 Å². The molecule has 4 heterocycles. The first-order valence-electron chi connectivity index (χ1n) is 14.1. The molecule has 0 bridgehead atoms. The summed E-state index contributed by atoms with van der Waals surface area (Å²) >= 11 is 0. The van der Waals surface area contributed by atoms with E-state index in [-0.39, 0.29) is 0 Å². The van der Waals surface area contributed by atoms with Crippen molar-refractivity contribution in [2.75, 3.05) is 26.4 Å². The van der Waals surface area contributed by atoms with Gasteiger partial charge in [0.1, 0.15) is 97.7 Å². The zero-order chi connectivity index (χ0) is 33.3. The van der Waals surface area contributed by atoms with Crippen molar-refractivity contribution in [2.45, 2.75) is 123 Å². The number of aliphatic hydroxyl groups is 14. The third kappa shape index (κ3) is 7.44. The molecule has 21 heteroatoms. The molecule has 20 atom stereocenters. The van der Waals surface area contributed by atoms with Gasteiger partial charge in [0.15, 0.2) is 25.2 Å². The lowest BCUT2D eigenvalue weighted by molar-refractivity contribution is -0.387. The van der Waals surface area contributed by atoms with Gasteiger partial charge in [-0.25, -0.2) is 0 Å².